The van der Waals surface area contributed by atoms with E-state index in [4.69, 9.17) is 4.74 Å². The van der Waals surface area contributed by atoms with Crippen molar-refractivity contribution >= 4 is 0 Å². The third kappa shape index (κ3) is 1.76. The van der Waals surface area contributed by atoms with Gasteiger partial charge in [0.2, 0.25) is 0 Å². The Bertz CT molecular complexity index is 313. The summed E-state index contributed by atoms with van der Waals surface area (Å²) < 4.78 is 18.4. The quantitative estimate of drug-likeness (QED) is 0.776. The van der Waals surface area contributed by atoms with Crippen LogP contribution < -0.4 is 0 Å². The van der Waals surface area contributed by atoms with Gasteiger partial charge in [-0.2, -0.15) is 0 Å². The summed E-state index contributed by atoms with van der Waals surface area (Å²) >= 11 is 0. The highest BCUT2D eigenvalue weighted by Crippen LogP contribution is 2.28. The molecule has 2 heterocycles. The van der Waals surface area contributed by atoms with E-state index in [1.807, 2.05) is 0 Å². The molecular weight excluding hydrogens is 185 g/mol. The Morgan fingerprint density at radius 2 is 2.50 bits per heavy atom. The van der Waals surface area contributed by atoms with E-state index >= 15 is 0 Å². The molecule has 1 N–H and O–H groups in total. The number of aliphatic hydroxyl groups is 1. The third-order valence-electron chi connectivity index (χ3n) is 2.48. The number of pyridine rings is 1. The first-order chi connectivity index (χ1) is 6.79. The number of hydrogen-bond acceptors (Lipinski definition) is 3. The summed E-state index contributed by atoms with van der Waals surface area (Å²) in [5.74, 6) is -0.480. The van der Waals surface area contributed by atoms with Crippen LogP contribution in [0.2, 0.25) is 0 Å². The highest BCUT2D eigenvalue weighted by atomic mass is 19.1. The molecule has 0 amide bonds. The predicted molar refractivity (Wildman–Crippen MR) is 48.1 cm³/mol. The van der Waals surface area contributed by atoms with Crippen LogP contribution >= 0.6 is 0 Å². The Morgan fingerprint density at radius 3 is 3.14 bits per heavy atom. The number of nitrogens with zero attached hydrogens (tertiary/aromatic N) is 1. The van der Waals surface area contributed by atoms with Gasteiger partial charge in [-0.1, -0.05) is 0 Å². The van der Waals surface area contributed by atoms with E-state index in [-0.39, 0.29) is 11.6 Å². The summed E-state index contributed by atoms with van der Waals surface area (Å²) in [5, 5.41) is 9.82. The van der Waals surface area contributed by atoms with E-state index < -0.39 is 11.9 Å². The molecule has 1 aromatic heterocycles. The smallest absolute Gasteiger partial charge is 0.147 e. The monoisotopic (exact) mass is 197 g/mol. The fraction of sp³-hybridized carbons (Fsp3) is 0.500. The second kappa shape index (κ2) is 4.02. The normalized spacial score (nSPS) is 23.7. The molecule has 14 heavy (non-hydrogen) atoms. The SMILES string of the molecule is OC(c1ncccc1F)C1CCOC1. The molecule has 0 bridgehead atoms. The van der Waals surface area contributed by atoms with Crippen molar-refractivity contribution in [3.63, 3.8) is 0 Å². The summed E-state index contributed by atoms with van der Waals surface area (Å²) in [5.41, 5.74) is 0.128. The Kier molecular flexibility index (Phi) is 2.74. The van der Waals surface area contributed by atoms with Crippen molar-refractivity contribution in [1.29, 1.82) is 0 Å². The van der Waals surface area contributed by atoms with Crippen LogP contribution in [-0.2, 0) is 4.74 Å². The first-order valence-corrected chi connectivity index (χ1v) is 4.65. The molecule has 2 rings (SSSR count). The van der Waals surface area contributed by atoms with E-state index in [2.05, 4.69) is 4.98 Å². The molecule has 76 valence electrons. The van der Waals surface area contributed by atoms with E-state index in [1.165, 1.54) is 18.3 Å². The summed E-state index contributed by atoms with van der Waals surface area (Å²) in [4.78, 5) is 3.84. The molecule has 0 spiro atoms. The summed E-state index contributed by atoms with van der Waals surface area (Å²) in [6.07, 6.45) is 1.40. The Hall–Kier alpha value is -1.00. The van der Waals surface area contributed by atoms with Gasteiger partial charge in [-0.15, -0.1) is 0 Å². The van der Waals surface area contributed by atoms with Crippen molar-refractivity contribution in [3.8, 4) is 0 Å². The molecule has 2 unspecified atom stereocenters. The average molecular weight is 197 g/mol. The average Bonchev–Trinajstić information content (AvgIpc) is 2.70. The van der Waals surface area contributed by atoms with Crippen LogP contribution in [-0.4, -0.2) is 23.3 Å². The van der Waals surface area contributed by atoms with Gasteiger partial charge in [-0.25, -0.2) is 4.39 Å². The number of hydrogen-bond donors (Lipinski definition) is 1. The van der Waals surface area contributed by atoms with Crippen LogP contribution in [0.4, 0.5) is 4.39 Å². The molecule has 4 heteroatoms. The van der Waals surface area contributed by atoms with Gasteiger partial charge < -0.3 is 9.84 Å². The molecule has 0 aliphatic carbocycles. The summed E-state index contributed by atoms with van der Waals surface area (Å²) in [6.45, 7) is 1.12. The molecule has 2 atom stereocenters. The van der Waals surface area contributed by atoms with Gasteiger partial charge in [0.25, 0.3) is 0 Å². The summed E-state index contributed by atoms with van der Waals surface area (Å²) in [6, 6.07) is 2.82. The maximum Gasteiger partial charge on any atom is 0.147 e. The molecule has 1 aromatic rings. The van der Waals surface area contributed by atoms with Crippen molar-refractivity contribution in [3.05, 3.63) is 29.8 Å². The number of halogens is 1. The highest BCUT2D eigenvalue weighted by Gasteiger charge is 2.27. The maximum absolute atomic E-state index is 13.2. The minimum Gasteiger partial charge on any atom is -0.386 e. The van der Waals surface area contributed by atoms with Crippen LogP contribution in [0.25, 0.3) is 0 Å². The lowest BCUT2D eigenvalue weighted by Crippen LogP contribution is -2.15. The first-order valence-electron chi connectivity index (χ1n) is 4.65. The Labute approximate surface area is 81.5 Å². The van der Waals surface area contributed by atoms with Gasteiger partial charge in [-0.05, 0) is 18.6 Å². The van der Waals surface area contributed by atoms with Gasteiger partial charge in [0.1, 0.15) is 17.6 Å². The van der Waals surface area contributed by atoms with Crippen LogP contribution in [0, 0.1) is 11.7 Å². The Balaban J connectivity index is 2.17. The molecule has 3 nitrogen and oxygen atoms in total. The molecule has 0 saturated carbocycles. The van der Waals surface area contributed by atoms with Crippen molar-refractivity contribution in [2.45, 2.75) is 12.5 Å². The molecule has 0 aromatic carbocycles. The minimum absolute atomic E-state index is 0.0283. The predicted octanol–water partition coefficient (Wildman–Crippen LogP) is 1.29. The highest BCUT2D eigenvalue weighted by molar-refractivity contribution is 5.11. The third-order valence-corrected chi connectivity index (χ3v) is 2.48. The van der Waals surface area contributed by atoms with Crippen LogP contribution in [0.1, 0.15) is 18.2 Å². The van der Waals surface area contributed by atoms with Crippen molar-refractivity contribution in [2.75, 3.05) is 13.2 Å². The van der Waals surface area contributed by atoms with E-state index in [0.717, 1.165) is 6.42 Å². The van der Waals surface area contributed by atoms with Gasteiger partial charge in [0.15, 0.2) is 0 Å². The van der Waals surface area contributed by atoms with E-state index in [0.29, 0.717) is 13.2 Å². The molecule has 1 saturated heterocycles. The zero-order chi connectivity index (χ0) is 9.97. The lowest BCUT2D eigenvalue weighted by atomic mass is 9.98. The lowest BCUT2D eigenvalue weighted by molar-refractivity contribution is 0.0853. The second-order valence-corrected chi connectivity index (χ2v) is 3.44. The topological polar surface area (TPSA) is 42.4 Å². The number of aromatic nitrogens is 1. The molecule has 1 aliphatic rings. The van der Waals surface area contributed by atoms with Gasteiger partial charge >= 0.3 is 0 Å². The Morgan fingerprint density at radius 1 is 1.64 bits per heavy atom. The zero-order valence-electron chi connectivity index (χ0n) is 7.69. The van der Waals surface area contributed by atoms with Crippen LogP contribution in [0.5, 0.6) is 0 Å². The fourth-order valence-electron chi connectivity index (χ4n) is 1.64. The lowest BCUT2D eigenvalue weighted by Gasteiger charge is -2.15. The molecular formula is C10H12FNO2. The zero-order valence-corrected chi connectivity index (χ0v) is 7.69. The molecule has 1 aliphatic heterocycles. The van der Waals surface area contributed by atoms with E-state index in [1.54, 1.807) is 0 Å². The standard InChI is InChI=1S/C10H12FNO2/c11-8-2-1-4-12-9(8)10(13)7-3-5-14-6-7/h1-2,4,7,10,13H,3,5-6H2. The minimum atomic E-state index is -0.848. The number of aliphatic hydroxyl groups excluding tert-OH is 1. The number of rotatable bonds is 2. The molecule has 0 radical (unpaired) electrons. The first kappa shape index (κ1) is 9.55. The van der Waals surface area contributed by atoms with Crippen LogP contribution in [0.3, 0.4) is 0 Å². The van der Waals surface area contributed by atoms with Crippen molar-refractivity contribution in [2.24, 2.45) is 5.92 Å². The fourth-order valence-corrected chi connectivity index (χ4v) is 1.64. The second-order valence-electron chi connectivity index (χ2n) is 3.44. The summed E-state index contributed by atoms with van der Waals surface area (Å²) in [7, 11) is 0. The van der Waals surface area contributed by atoms with Crippen molar-refractivity contribution < 1.29 is 14.2 Å². The number of ether oxygens (including phenoxy) is 1. The largest absolute Gasteiger partial charge is 0.386 e. The van der Waals surface area contributed by atoms with Gasteiger partial charge in [0, 0.05) is 18.7 Å². The van der Waals surface area contributed by atoms with Gasteiger partial charge in [0.05, 0.1) is 6.61 Å². The van der Waals surface area contributed by atoms with Crippen molar-refractivity contribution in [1.82, 2.24) is 4.98 Å². The van der Waals surface area contributed by atoms with Crippen LogP contribution in [0.15, 0.2) is 18.3 Å². The maximum atomic E-state index is 13.2. The van der Waals surface area contributed by atoms with Gasteiger partial charge in [-0.3, -0.25) is 4.98 Å². The van der Waals surface area contributed by atoms with E-state index in [9.17, 15) is 9.50 Å². The molecule has 1 fully saturated rings.